The molecule has 26 heavy (non-hydrogen) atoms. The van der Waals surface area contributed by atoms with Crippen molar-refractivity contribution in [3.8, 4) is 0 Å². The van der Waals surface area contributed by atoms with Gasteiger partial charge in [-0.05, 0) is 30.2 Å². The lowest BCUT2D eigenvalue weighted by molar-refractivity contribution is -0.132. The zero-order valence-corrected chi connectivity index (χ0v) is 14.9. The normalized spacial score (nSPS) is 12.1. The molecule has 0 aliphatic rings. The summed E-state index contributed by atoms with van der Waals surface area (Å²) in [5.74, 6) is -0.00753. The first kappa shape index (κ1) is 18.0. The Bertz CT molecular complexity index is 867. The van der Waals surface area contributed by atoms with Crippen molar-refractivity contribution in [2.75, 3.05) is 13.1 Å². The molecular formula is C21H23N3O2. The second-order valence-corrected chi connectivity index (χ2v) is 6.35. The number of hydrogen-bond donors (Lipinski definition) is 1. The summed E-state index contributed by atoms with van der Waals surface area (Å²) in [6.07, 6.45) is 5.42. The monoisotopic (exact) mass is 349 g/mol. The number of aliphatic hydroxyl groups excluding tert-OH is 1. The Kier molecular flexibility index (Phi) is 5.92. The minimum atomic E-state index is -0.742. The van der Waals surface area contributed by atoms with E-state index in [-0.39, 0.29) is 18.9 Å². The van der Waals surface area contributed by atoms with Gasteiger partial charge in [0.15, 0.2) is 0 Å². The van der Waals surface area contributed by atoms with Crippen molar-refractivity contribution in [3.05, 3.63) is 72.2 Å². The molecule has 0 saturated heterocycles. The Labute approximate surface area is 153 Å². The number of aromatic nitrogens is 2. The third kappa shape index (κ3) is 4.43. The first-order valence-electron chi connectivity index (χ1n) is 8.87. The fourth-order valence-corrected chi connectivity index (χ4v) is 2.97. The number of rotatable bonds is 7. The van der Waals surface area contributed by atoms with Gasteiger partial charge in [0.25, 0.3) is 0 Å². The van der Waals surface area contributed by atoms with Gasteiger partial charge in [0.05, 0.1) is 24.6 Å². The number of hydrogen-bond acceptors (Lipinski definition) is 4. The van der Waals surface area contributed by atoms with E-state index in [0.717, 1.165) is 22.9 Å². The molecule has 1 amide bonds. The van der Waals surface area contributed by atoms with Crippen LogP contribution in [0.15, 0.2) is 61.1 Å². The average molecular weight is 349 g/mol. The van der Waals surface area contributed by atoms with Gasteiger partial charge in [0.1, 0.15) is 0 Å². The lowest BCUT2D eigenvalue weighted by atomic mass is 10.1. The molecule has 0 fully saturated rings. The largest absolute Gasteiger partial charge is 0.386 e. The standard InChI is InChI=1S/C21H23N3O2/c1-2-10-24(15-20(25)18-7-5-9-22-14-18)21(26)12-16-11-17-6-3-4-8-19(17)23-13-16/h3-9,11,13-14,20,25H,2,10,12,15H2,1H3. The van der Waals surface area contributed by atoms with Gasteiger partial charge in [-0.15, -0.1) is 0 Å². The van der Waals surface area contributed by atoms with Crippen LogP contribution in [0, 0.1) is 0 Å². The molecule has 1 aromatic carbocycles. The Morgan fingerprint density at radius 3 is 2.81 bits per heavy atom. The zero-order valence-electron chi connectivity index (χ0n) is 14.9. The summed E-state index contributed by atoms with van der Waals surface area (Å²) >= 11 is 0. The number of pyridine rings is 2. The van der Waals surface area contributed by atoms with Crippen molar-refractivity contribution in [3.63, 3.8) is 0 Å². The van der Waals surface area contributed by atoms with Crippen molar-refractivity contribution in [2.45, 2.75) is 25.9 Å². The topological polar surface area (TPSA) is 66.3 Å². The van der Waals surface area contributed by atoms with Gasteiger partial charge in [-0.2, -0.15) is 0 Å². The Morgan fingerprint density at radius 2 is 2.04 bits per heavy atom. The molecule has 0 radical (unpaired) electrons. The maximum absolute atomic E-state index is 12.8. The van der Waals surface area contributed by atoms with Gasteiger partial charge < -0.3 is 10.0 Å². The van der Waals surface area contributed by atoms with Gasteiger partial charge in [0.2, 0.25) is 5.91 Å². The Morgan fingerprint density at radius 1 is 1.19 bits per heavy atom. The summed E-state index contributed by atoms with van der Waals surface area (Å²) in [4.78, 5) is 22.9. The Hall–Kier alpha value is -2.79. The fourth-order valence-electron chi connectivity index (χ4n) is 2.97. The molecule has 5 heteroatoms. The summed E-state index contributed by atoms with van der Waals surface area (Å²) in [5.41, 5.74) is 2.51. The number of nitrogens with zero attached hydrogens (tertiary/aromatic N) is 3. The number of benzene rings is 1. The summed E-state index contributed by atoms with van der Waals surface area (Å²) in [6, 6.07) is 13.5. The lowest BCUT2D eigenvalue weighted by Crippen LogP contribution is -2.36. The van der Waals surface area contributed by atoms with Crippen LogP contribution >= 0.6 is 0 Å². The summed E-state index contributed by atoms with van der Waals surface area (Å²) < 4.78 is 0. The van der Waals surface area contributed by atoms with Crippen LogP contribution < -0.4 is 0 Å². The van der Waals surface area contributed by atoms with Crippen LogP contribution in [-0.2, 0) is 11.2 Å². The zero-order chi connectivity index (χ0) is 18.4. The molecule has 1 atom stereocenters. The van der Waals surface area contributed by atoms with E-state index in [4.69, 9.17) is 0 Å². The van der Waals surface area contributed by atoms with E-state index in [1.807, 2.05) is 43.3 Å². The Balaban J connectivity index is 1.71. The highest BCUT2D eigenvalue weighted by molar-refractivity contribution is 5.82. The molecule has 134 valence electrons. The molecule has 3 rings (SSSR count). The minimum Gasteiger partial charge on any atom is -0.386 e. The third-order valence-corrected chi connectivity index (χ3v) is 4.31. The summed E-state index contributed by atoms with van der Waals surface area (Å²) in [7, 11) is 0. The molecule has 5 nitrogen and oxygen atoms in total. The number of carbonyl (C=O) groups is 1. The first-order chi connectivity index (χ1) is 12.7. The second-order valence-electron chi connectivity index (χ2n) is 6.35. The van der Waals surface area contributed by atoms with Crippen LogP contribution in [0.3, 0.4) is 0 Å². The van der Waals surface area contributed by atoms with Gasteiger partial charge in [-0.1, -0.05) is 31.2 Å². The SMILES string of the molecule is CCCN(CC(O)c1cccnc1)C(=O)Cc1cnc2ccccc2c1. The maximum Gasteiger partial charge on any atom is 0.227 e. The van der Waals surface area contributed by atoms with E-state index in [1.54, 1.807) is 29.6 Å². The van der Waals surface area contributed by atoms with E-state index in [9.17, 15) is 9.90 Å². The summed E-state index contributed by atoms with van der Waals surface area (Å²) in [6.45, 7) is 2.89. The average Bonchev–Trinajstić information content (AvgIpc) is 2.68. The predicted octanol–water partition coefficient (Wildman–Crippen LogP) is 3.14. The number of carbonyl (C=O) groups excluding carboxylic acids is 1. The van der Waals surface area contributed by atoms with Gasteiger partial charge in [-0.3, -0.25) is 14.8 Å². The van der Waals surface area contributed by atoms with Crippen LogP contribution in [-0.4, -0.2) is 39.0 Å². The van der Waals surface area contributed by atoms with Crippen molar-refractivity contribution in [2.24, 2.45) is 0 Å². The van der Waals surface area contributed by atoms with E-state index in [0.29, 0.717) is 12.1 Å². The van der Waals surface area contributed by atoms with Crippen molar-refractivity contribution >= 4 is 16.8 Å². The van der Waals surface area contributed by atoms with Crippen LogP contribution in [0.5, 0.6) is 0 Å². The number of aliphatic hydroxyl groups is 1. The van der Waals surface area contributed by atoms with E-state index in [1.165, 1.54) is 0 Å². The smallest absolute Gasteiger partial charge is 0.227 e. The van der Waals surface area contributed by atoms with Crippen molar-refractivity contribution < 1.29 is 9.90 Å². The molecule has 0 aliphatic heterocycles. The minimum absolute atomic E-state index is 0.00753. The fraction of sp³-hybridized carbons (Fsp3) is 0.286. The highest BCUT2D eigenvalue weighted by Crippen LogP contribution is 2.16. The highest BCUT2D eigenvalue weighted by Gasteiger charge is 2.18. The van der Waals surface area contributed by atoms with Crippen molar-refractivity contribution in [1.29, 1.82) is 0 Å². The van der Waals surface area contributed by atoms with Crippen LogP contribution in [0.25, 0.3) is 10.9 Å². The molecule has 0 bridgehead atoms. The van der Waals surface area contributed by atoms with Crippen molar-refractivity contribution in [1.82, 2.24) is 14.9 Å². The first-order valence-corrected chi connectivity index (χ1v) is 8.87. The van der Waals surface area contributed by atoms with Crippen LogP contribution in [0.2, 0.25) is 0 Å². The predicted molar refractivity (Wildman–Crippen MR) is 102 cm³/mol. The van der Waals surface area contributed by atoms with E-state index < -0.39 is 6.10 Å². The molecule has 0 spiro atoms. The molecular weight excluding hydrogens is 326 g/mol. The van der Waals surface area contributed by atoms with Crippen LogP contribution in [0.4, 0.5) is 0 Å². The molecule has 2 heterocycles. The molecule has 2 aromatic heterocycles. The lowest BCUT2D eigenvalue weighted by Gasteiger charge is -2.25. The maximum atomic E-state index is 12.8. The van der Waals surface area contributed by atoms with Gasteiger partial charge in [-0.25, -0.2) is 0 Å². The molecule has 1 unspecified atom stereocenters. The molecule has 0 saturated carbocycles. The highest BCUT2D eigenvalue weighted by atomic mass is 16.3. The summed E-state index contributed by atoms with van der Waals surface area (Å²) in [5, 5.41) is 11.5. The number of para-hydroxylation sites is 1. The molecule has 0 aliphatic carbocycles. The van der Waals surface area contributed by atoms with E-state index in [2.05, 4.69) is 9.97 Å². The van der Waals surface area contributed by atoms with E-state index >= 15 is 0 Å². The third-order valence-electron chi connectivity index (χ3n) is 4.31. The number of fused-ring (bicyclic) bond motifs is 1. The second kappa shape index (κ2) is 8.54. The van der Waals surface area contributed by atoms with Gasteiger partial charge in [0, 0.05) is 36.1 Å². The quantitative estimate of drug-likeness (QED) is 0.712. The van der Waals surface area contributed by atoms with Gasteiger partial charge >= 0.3 is 0 Å². The van der Waals surface area contributed by atoms with Crippen LogP contribution in [0.1, 0.15) is 30.6 Å². The molecule has 3 aromatic rings. The number of amides is 1. The molecule has 1 N–H and O–H groups in total.